The Morgan fingerprint density at radius 3 is 2.05 bits per heavy atom. The van der Waals surface area contributed by atoms with Gasteiger partial charge in [0, 0.05) is 23.5 Å². The van der Waals surface area contributed by atoms with Gasteiger partial charge in [-0.2, -0.15) is 0 Å². The van der Waals surface area contributed by atoms with Crippen LogP contribution in [0.25, 0.3) is 0 Å². The Morgan fingerprint density at radius 2 is 1.68 bits per heavy atom. The summed E-state index contributed by atoms with van der Waals surface area (Å²) in [5.41, 5.74) is 0. The first kappa shape index (κ1) is 30.6. The number of hydrogen-bond donors (Lipinski definition) is 0. The van der Waals surface area contributed by atoms with E-state index >= 15 is 0 Å². The predicted octanol–water partition coefficient (Wildman–Crippen LogP) is 2.35. The molecule has 0 unspecified atom stereocenters. The average Bonchev–Trinajstić information content (AvgIpc) is 2.45. The number of esters is 1. The number of hydrogen-bond acceptors (Lipinski definition) is 2. The van der Waals surface area contributed by atoms with Crippen molar-refractivity contribution in [3.63, 3.8) is 0 Å². The molecule has 0 aromatic rings. The van der Waals surface area contributed by atoms with Gasteiger partial charge in [0.15, 0.2) is 0 Å². The van der Waals surface area contributed by atoms with E-state index in [1.165, 1.54) is 0 Å². The van der Waals surface area contributed by atoms with E-state index in [4.69, 9.17) is 18.7 Å². The molecule has 0 saturated carbocycles. The summed E-state index contributed by atoms with van der Waals surface area (Å²) in [7, 11) is 0. The summed E-state index contributed by atoms with van der Waals surface area (Å²) in [6.07, 6.45) is 7.60. The van der Waals surface area contributed by atoms with Crippen molar-refractivity contribution in [2.24, 2.45) is 0 Å². The maximum Gasteiger partial charge on any atom is 0 e. The smallest absolute Gasteiger partial charge is 0 e. The third-order valence-corrected chi connectivity index (χ3v) is 1.27. The summed E-state index contributed by atoms with van der Waals surface area (Å²) in [5.74, 6) is -0.107. The molecule has 0 saturated heterocycles. The molecule has 0 bridgehead atoms. The molecular weight excluding hydrogens is 292 g/mol. The van der Waals surface area contributed by atoms with Gasteiger partial charge < -0.3 is 4.74 Å². The number of allylic oxidation sites excluding steroid dienone is 2. The van der Waals surface area contributed by atoms with Crippen LogP contribution >= 0.6 is 0 Å². The van der Waals surface area contributed by atoms with E-state index in [2.05, 4.69) is 26.5 Å². The van der Waals surface area contributed by atoms with E-state index in [-0.39, 0.29) is 23.0 Å². The van der Waals surface area contributed by atoms with Crippen LogP contribution in [-0.2, 0) is 40.6 Å². The molecule has 0 aliphatic heterocycles. The first-order valence-electron chi connectivity index (χ1n) is 4.85. The second kappa shape index (κ2) is 43.8. The fraction of sp³-hybridized carbons (Fsp3) is 0.385. The van der Waals surface area contributed by atoms with Crippen LogP contribution in [0.2, 0.25) is 0 Å². The number of rotatable bonds is 6. The first-order chi connectivity index (χ1) is 8.81. The van der Waals surface area contributed by atoms with Crippen molar-refractivity contribution < 1.29 is 40.6 Å². The zero-order valence-corrected chi connectivity index (χ0v) is 11.8. The van der Waals surface area contributed by atoms with E-state index < -0.39 is 0 Å². The third-order valence-electron chi connectivity index (χ3n) is 1.27. The van der Waals surface area contributed by atoms with Crippen molar-refractivity contribution in [2.75, 3.05) is 6.61 Å². The molecule has 106 valence electrons. The summed E-state index contributed by atoms with van der Waals surface area (Å²) in [6.45, 7) is 19.5. The van der Waals surface area contributed by atoms with E-state index in [9.17, 15) is 4.79 Å². The normalized spacial score (nSPS) is 6.68. The van der Waals surface area contributed by atoms with E-state index in [1.54, 1.807) is 6.08 Å². The zero-order chi connectivity index (χ0) is 15.2. The quantitative estimate of drug-likeness (QED) is 0.188. The monoisotopic (exact) mass is 308 g/mol. The van der Waals surface area contributed by atoms with E-state index in [1.807, 2.05) is 19.1 Å². The zero-order valence-electron chi connectivity index (χ0n) is 10.7. The summed E-state index contributed by atoms with van der Waals surface area (Å²) in [5, 5.41) is 0. The molecule has 0 fully saturated rings. The fourth-order valence-electron chi connectivity index (χ4n) is 0.710. The Labute approximate surface area is 124 Å². The molecule has 5 nitrogen and oxygen atoms in total. The molecule has 0 aliphatic rings. The van der Waals surface area contributed by atoms with Crippen LogP contribution in [0.4, 0.5) is 0 Å². The van der Waals surface area contributed by atoms with Crippen molar-refractivity contribution in [3.8, 4) is 0 Å². The third kappa shape index (κ3) is 47.7. The van der Waals surface area contributed by atoms with Crippen molar-refractivity contribution >= 4 is 5.97 Å². The molecule has 0 aromatic heterocycles. The van der Waals surface area contributed by atoms with Crippen molar-refractivity contribution in [1.82, 2.24) is 0 Å². The molecule has 0 heterocycles. The SMILES string of the molecule is C=C/C=C\CCOC(=O)CCC.[C-]#[O+].[C-]#[O+].[C-]#[O+].[Fe]. The number of ether oxygens (including phenoxy) is 1. The Balaban J connectivity index is -0.0000000816. The molecule has 0 amide bonds. The van der Waals surface area contributed by atoms with Crippen LogP contribution in [-0.4, -0.2) is 12.6 Å². The van der Waals surface area contributed by atoms with Gasteiger partial charge in [-0.3, -0.25) is 4.79 Å². The standard InChI is InChI=1S/C10H16O2.3CO.Fe/c1-3-5-6-7-9-12-10(11)8-4-2;3*1-2;/h3,5-6H,1,4,7-9H2,2H3;;;;/b6-5-;;;;. The van der Waals surface area contributed by atoms with Crippen molar-refractivity contribution in [1.29, 1.82) is 0 Å². The van der Waals surface area contributed by atoms with Gasteiger partial charge in [0.25, 0.3) is 0 Å². The van der Waals surface area contributed by atoms with Gasteiger partial charge in [-0.25, -0.2) is 0 Å². The van der Waals surface area contributed by atoms with E-state index in [0.29, 0.717) is 13.0 Å². The Hall–Kier alpha value is -1.31. The van der Waals surface area contributed by atoms with Gasteiger partial charge in [0.2, 0.25) is 0 Å². The van der Waals surface area contributed by atoms with E-state index in [0.717, 1.165) is 12.8 Å². The molecule has 19 heavy (non-hydrogen) atoms. The maximum atomic E-state index is 10.8. The molecule has 6 heteroatoms. The van der Waals surface area contributed by atoms with Crippen LogP contribution in [0.3, 0.4) is 0 Å². The fourth-order valence-corrected chi connectivity index (χ4v) is 0.710. The minimum Gasteiger partial charge on any atom is 0 e. The van der Waals surface area contributed by atoms with Gasteiger partial charge in [0.05, 0.1) is 6.61 Å². The molecule has 0 radical (unpaired) electrons. The largest absolute Gasteiger partial charge is 0 e. The summed E-state index contributed by atoms with van der Waals surface area (Å²) in [6, 6.07) is 0. The van der Waals surface area contributed by atoms with Crippen LogP contribution in [0.1, 0.15) is 26.2 Å². The van der Waals surface area contributed by atoms with Gasteiger partial charge in [-0.15, -0.1) is 0 Å². The van der Waals surface area contributed by atoms with Crippen LogP contribution < -0.4 is 0 Å². The first-order valence-corrected chi connectivity index (χ1v) is 4.85. The Morgan fingerprint density at radius 1 is 1.21 bits per heavy atom. The second-order valence-electron chi connectivity index (χ2n) is 2.42. The molecule has 0 atom stereocenters. The summed E-state index contributed by atoms with van der Waals surface area (Å²) >= 11 is 0. The van der Waals surface area contributed by atoms with Gasteiger partial charge in [-0.05, 0) is 12.8 Å². The molecule has 0 rings (SSSR count). The Bertz CT molecular complexity index is 252. The van der Waals surface area contributed by atoms with Gasteiger partial charge in [-0.1, -0.05) is 31.7 Å². The van der Waals surface area contributed by atoms with Crippen molar-refractivity contribution in [3.05, 3.63) is 44.8 Å². The topological polar surface area (TPSA) is 86.0 Å². The van der Waals surface area contributed by atoms with Crippen LogP contribution in [0, 0.1) is 20.0 Å². The van der Waals surface area contributed by atoms with Crippen LogP contribution in [0.5, 0.6) is 0 Å². The molecule has 0 N–H and O–H groups in total. The molecule has 0 aliphatic carbocycles. The molecule has 0 aromatic carbocycles. The average molecular weight is 308 g/mol. The number of carbonyl (C=O) groups is 1. The van der Waals surface area contributed by atoms with Gasteiger partial charge in [0.1, 0.15) is 0 Å². The maximum absolute atomic E-state index is 10.8. The van der Waals surface area contributed by atoms with Crippen molar-refractivity contribution in [2.45, 2.75) is 26.2 Å². The molecule has 0 spiro atoms. The second-order valence-corrected chi connectivity index (χ2v) is 2.42. The molecular formula is C13H16FeO5. The minimum absolute atomic E-state index is 0. The van der Waals surface area contributed by atoms with Gasteiger partial charge >= 0.3 is 39.9 Å². The predicted molar refractivity (Wildman–Crippen MR) is 61.6 cm³/mol. The summed E-state index contributed by atoms with van der Waals surface area (Å²) in [4.78, 5) is 10.8. The minimum atomic E-state index is -0.107. The summed E-state index contributed by atoms with van der Waals surface area (Å²) < 4.78 is 27.4. The Kier molecular flexibility index (Phi) is 70.5. The number of carbonyl (C=O) groups excluding carboxylic acids is 1. The van der Waals surface area contributed by atoms with Crippen LogP contribution in [0.15, 0.2) is 24.8 Å².